The Labute approximate surface area is 181 Å². The first-order chi connectivity index (χ1) is 14.8. The number of rotatable bonds is 4. The van der Waals surface area contributed by atoms with Crippen LogP contribution >= 0.6 is 0 Å². The van der Waals surface area contributed by atoms with E-state index in [2.05, 4.69) is 36.9 Å². The molecule has 2 heterocycles. The number of hydrogen-bond acceptors (Lipinski definition) is 6. The van der Waals surface area contributed by atoms with Gasteiger partial charge in [0.1, 0.15) is 5.69 Å². The topological polar surface area (TPSA) is 87.0 Å². The van der Waals surface area contributed by atoms with Crippen LogP contribution in [0.2, 0.25) is 0 Å². The molecule has 0 spiro atoms. The minimum atomic E-state index is -0.440. The number of amides is 2. The van der Waals surface area contributed by atoms with Crippen molar-refractivity contribution in [3.05, 3.63) is 57.6 Å². The molecular weight excluding hydrogens is 396 g/mol. The molecule has 2 amide bonds. The molecule has 0 bridgehead atoms. The summed E-state index contributed by atoms with van der Waals surface area (Å²) in [5, 5.41) is 11.8. The second kappa shape index (κ2) is 8.02. The highest BCUT2D eigenvalue weighted by Gasteiger charge is 2.37. The zero-order valence-corrected chi connectivity index (χ0v) is 18.0. The van der Waals surface area contributed by atoms with Gasteiger partial charge in [-0.3, -0.25) is 24.6 Å². The third-order valence-electron chi connectivity index (χ3n) is 6.11. The highest BCUT2D eigenvalue weighted by Crippen LogP contribution is 2.36. The van der Waals surface area contributed by atoms with Gasteiger partial charge in [-0.25, -0.2) is 0 Å². The van der Waals surface area contributed by atoms with Crippen molar-refractivity contribution in [1.82, 2.24) is 0 Å². The lowest BCUT2D eigenvalue weighted by molar-refractivity contribution is -0.384. The average molecular weight is 422 g/mol. The first-order valence-electron chi connectivity index (χ1n) is 10.5. The van der Waals surface area contributed by atoms with Crippen LogP contribution < -0.4 is 14.7 Å². The van der Waals surface area contributed by atoms with Crippen molar-refractivity contribution < 1.29 is 14.5 Å². The molecule has 0 aliphatic carbocycles. The summed E-state index contributed by atoms with van der Waals surface area (Å²) in [5.41, 5.74) is 4.31. The number of piperazine rings is 1. The molecule has 2 aliphatic rings. The van der Waals surface area contributed by atoms with Crippen LogP contribution in [-0.4, -0.2) is 42.9 Å². The number of nitrogens with zero attached hydrogens (tertiary/aromatic N) is 4. The van der Waals surface area contributed by atoms with Gasteiger partial charge in [0, 0.05) is 50.3 Å². The Balaban J connectivity index is 1.56. The molecule has 0 radical (unpaired) electrons. The Morgan fingerprint density at radius 1 is 0.935 bits per heavy atom. The Bertz CT molecular complexity index is 1060. The number of nitro groups is 1. The molecule has 2 aromatic rings. The maximum Gasteiger partial charge on any atom is 0.294 e. The van der Waals surface area contributed by atoms with Gasteiger partial charge in [0.2, 0.25) is 11.8 Å². The van der Waals surface area contributed by atoms with Gasteiger partial charge in [-0.15, -0.1) is 0 Å². The quantitative estimate of drug-likeness (QED) is 0.426. The molecule has 8 heteroatoms. The van der Waals surface area contributed by atoms with Crippen molar-refractivity contribution in [2.24, 2.45) is 5.92 Å². The van der Waals surface area contributed by atoms with Crippen molar-refractivity contribution in [1.29, 1.82) is 0 Å². The molecule has 0 N–H and O–H groups in total. The van der Waals surface area contributed by atoms with Crippen LogP contribution in [0.15, 0.2) is 36.4 Å². The van der Waals surface area contributed by atoms with E-state index in [4.69, 9.17) is 0 Å². The Hall–Kier alpha value is -3.42. The summed E-state index contributed by atoms with van der Waals surface area (Å²) < 4.78 is 0. The third kappa shape index (κ3) is 3.85. The van der Waals surface area contributed by atoms with Gasteiger partial charge in [-0.2, -0.15) is 0 Å². The van der Waals surface area contributed by atoms with E-state index in [1.54, 1.807) is 19.1 Å². The highest BCUT2D eigenvalue weighted by molar-refractivity contribution is 6.21. The van der Waals surface area contributed by atoms with Crippen LogP contribution in [0, 0.1) is 29.9 Å². The summed E-state index contributed by atoms with van der Waals surface area (Å²) in [5.74, 6) is -1.03. The van der Waals surface area contributed by atoms with E-state index in [1.165, 1.54) is 22.9 Å². The molecule has 2 fully saturated rings. The van der Waals surface area contributed by atoms with E-state index >= 15 is 0 Å². The highest BCUT2D eigenvalue weighted by atomic mass is 16.6. The van der Waals surface area contributed by atoms with Crippen molar-refractivity contribution in [2.75, 3.05) is 40.9 Å². The van der Waals surface area contributed by atoms with E-state index in [0.29, 0.717) is 18.8 Å². The molecule has 2 aliphatic heterocycles. The van der Waals surface area contributed by atoms with Gasteiger partial charge in [0.25, 0.3) is 5.69 Å². The Morgan fingerprint density at radius 2 is 1.58 bits per heavy atom. The minimum Gasteiger partial charge on any atom is -0.368 e. The smallest absolute Gasteiger partial charge is 0.294 e. The van der Waals surface area contributed by atoms with Crippen molar-refractivity contribution in [3.8, 4) is 0 Å². The maximum atomic E-state index is 12.3. The molecule has 4 rings (SSSR count). The minimum absolute atomic E-state index is 0.0853. The number of carbonyl (C=O) groups excluding carboxylic acids is 2. The Morgan fingerprint density at radius 3 is 2.16 bits per heavy atom. The van der Waals surface area contributed by atoms with Crippen molar-refractivity contribution >= 4 is 34.6 Å². The fraction of sp³-hybridized carbons (Fsp3) is 0.391. The predicted molar refractivity (Wildman–Crippen MR) is 120 cm³/mol. The molecule has 0 saturated carbocycles. The molecule has 0 unspecified atom stereocenters. The molecule has 162 valence electrons. The molecular formula is C23H26N4O4. The van der Waals surface area contributed by atoms with E-state index in [0.717, 1.165) is 18.0 Å². The molecule has 1 atom stereocenters. The zero-order valence-electron chi connectivity index (χ0n) is 18.0. The van der Waals surface area contributed by atoms with Crippen molar-refractivity contribution in [3.63, 3.8) is 0 Å². The van der Waals surface area contributed by atoms with Gasteiger partial charge in [-0.05, 0) is 43.2 Å². The van der Waals surface area contributed by atoms with Crippen LogP contribution in [0.1, 0.15) is 24.5 Å². The average Bonchev–Trinajstić information content (AvgIpc) is 3.01. The van der Waals surface area contributed by atoms with Gasteiger partial charge in [0.15, 0.2) is 0 Å². The van der Waals surface area contributed by atoms with Gasteiger partial charge < -0.3 is 9.80 Å². The number of carbonyl (C=O) groups is 2. The summed E-state index contributed by atoms with van der Waals surface area (Å²) in [6.07, 6.45) is 0.134. The third-order valence-corrected chi connectivity index (χ3v) is 6.11. The first kappa shape index (κ1) is 20.8. The largest absolute Gasteiger partial charge is 0.368 e. The summed E-state index contributed by atoms with van der Waals surface area (Å²) in [6, 6.07) is 11.0. The lowest BCUT2D eigenvalue weighted by atomic mass is 10.1. The fourth-order valence-corrected chi connectivity index (χ4v) is 4.37. The molecule has 0 aromatic heterocycles. The number of benzene rings is 2. The van der Waals surface area contributed by atoms with Crippen LogP contribution in [0.5, 0.6) is 0 Å². The normalized spacial score (nSPS) is 19.3. The lowest BCUT2D eigenvalue weighted by Gasteiger charge is -2.38. The number of hydrogen-bond donors (Lipinski definition) is 0. The Kier molecular flexibility index (Phi) is 5.39. The van der Waals surface area contributed by atoms with Crippen molar-refractivity contribution in [2.45, 2.75) is 27.2 Å². The zero-order chi connectivity index (χ0) is 22.3. The second-order valence-electron chi connectivity index (χ2n) is 8.37. The van der Waals surface area contributed by atoms with E-state index in [-0.39, 0.29) is 29.6 Å². The summed E-state index contributed by atoms with van der Waals surface area (Å²) in [6.45, 7) is 8.65. The van der Waals surface area contributed by atoms with Gasteiger partial charge in [0.05, 0.1) is 10.6 Å². The maximum absolute atomic E-state index is 12.3. The predicted octanol–water partition coefficient (Wildman–Crippen LogP) is 3.44. The van der Waals surface area contributed by atoms with E-state index in [1.807, 2.05) is 4.90 Å². The number of imide groups is 1. The molecule has 2 aromatic carbocycles. The molecule has 31 heavy (non-hydrogen) atoms. The number of anilines is 3. The second-order valence-corrected chi connectivity index (χ2v) is 8.37. The fourth-order valence-electron chi connectivity index (χ4n) is 4.37. The summed E-state index contributed by atoms with van der Waals surface area (Å²) >= 11 is 0. The van der Waals surface area contributed by atoms with Crippen LogP contribution in [-0.2, 0) is 9.59 Å². The first-order valence-corrected chi connectivity index (χ1v) is 10.5. The number of aryl methyl sites for hydroxylation is 2. The molecule has 2 saturated heterocycles. The standard InChI is InChI=1S/C23H26N4O4/c1-15-4-5-16(2)20(12-15)25-10-8-24(9-11-25)19-7-6-18(14-21(19)27(30)31)26-22(28)13-17(3)23(26)29/h4-7,12,14,17H,8-11,13H2,1-3H3/t17-/m1/s1. The van der Waals surface area contributed by atoms with Crippen LogP contribution in [0.4, 0.5) is 22.7 Å². The number of nitro benzene ring substituents is 1. The summed E-state index contributed by atoms with van der Waals surface area (Å²) in [4.78, 5) is 41.3. The van der Waals surface area contributed by atoms with Crippen LogP contribution in [0.25, 0.3) is 0 Å². The van der Waals surface area contributed by atoms with E-state index < -0.39 is 10.8 Å². The van der Waals surface area contributed by atoms with Crippen LogP contribution in [0.3, 0.4) is 0 Å². The van der Waals surface area contributed by atoms with Gasteiger partial charge in [-0.1, -0.05) is 19.1 Å². The van der Waals surface area contributed by atoms with Gasteiger partial charge >= 0.3 is 0 Å². The SMILES string of the molecule is Cc1ccc(C)c(N2CCN(c3ccc(N4C(=O)C[C@@H](C)C4=O)cc3[N+](=O)[O-])CC2)c1. The summed E-state index contributed by atoms with van der Waals surface area (Å²) in [7, 11) is 0. The van der Waals surface area contributed by atoms with E-state index in [9.17, 15) is 19.7 Å². The monoisotopic (exact) mass is 422 g/mol. The molecule has 8 nitrogen and oxygen atoms in total. The lowest BCUT2D eigenvalue weighted by Crippen LogP contribution is -2.47.